The Morgan fingerprint density at radius 2 is 2.40 bits per heavy atom. The number of hydrogen-bond donors (Lipinski definition) is 0. The van der Waals surface area contributed by atoms with Crippen molar-refractivity contribution in [2.75, 3.05) is 0 Å². The molecule has 2 saturated carbocycles. The van der Waals surface area contributed by atoms with Gasteiger partial charge < -0.3 is 0 Å². The molecule has 0 aromatic heterocycles. The summed E-state index contributed by atoms with van der Waals surface area (Å²) in [6, 6.07) is 0. The zero-order valence-electron chi connectivity index (χ0n) is 6.27. The number of allylic oxidation sites excluding steroid dienone is 2. The van der Waals surface area contributed by atoms with Gasteiger partial charge in [0.15, 0.2) is 0 Å². The van der Waals surface area contributed by atoms with Crippen molar-refractivity contribution in [1.29, 1.82) is 0 Å². The van der Waals surface area contributed by atoms with Crippen LogP contribution in [-0.2, 0) is 0 Å². The van der Waals surface area contributed by atoms with Crippen LogP contribution in [0.15, 0.2) is 11.1 Å². The molecule has 0 spiro atoms. The van der Waals surface area contributed by atoms with Crippen molar-refractivity contribution in [2.24, 2.45) is 11.8 Å². The Morgan fingerprint density at radius 3 is 3.30 bits per heavy atom. The number of hydrogen-bond acceptors (Lipinski definition) is 0. The highest BCUT2D eigenvalue weighted by molar-refractivity contribution is 5.35. The first-order chi connectivity index (χ1) is 4.95. The Kier molecular flexibility index (Phi) is 0.898. The first-order valence-electron chi connectivity index (χ1n) is 4.49. The lowest BCUT2D eigenvalue weighted by Gasteiger charge is -2.16. The Morgan fingerprint density at radius 1 is 1.40 bits per heavy atom. The molecule has 3 aliphatic carbocycles. The van der Waals surface area contributed by atoms with Crippen LogP contribution in [0.2, 0.25) is 0 Å². The van der Waals surface area contributed by atoms with E-state index in [1.54, 1.807) is 0 Å². The Balaban J connectivity index is 2.09. The van der Waals surface area contributed by atoms with E-state index in [1.807, 2.05) is 11.1 Å². The zero-order chi connectivity index (χ0) is 6.55. The SMILES string of the molecule is [CH]1CC2=C3CCCC3C1C2. The average molecular weight is 133 g/mol. The molecule has 0 N–H and O–H groups in total. The van der Waals surface area contributed by atoms with Crippen LogP contribution in [0.3, 0.4) is 0 Å². The highest BCUT2D eigenvalue weighted by Crippen LogP contribution is 2.54. The molecule has 0 aromatic carbocycles. The van der Waals surface area contributed by atoms with Gasteiger partial charge in [-0.05, 0) is 50.4 Å². The Hall–Kier alpha value is -0.260. The summed E-state index contributed by atoms with van der Waals surface area (Å²) in [6.45, 7) is 0. The molecule has 0 heterocycles. The van der Waals surface area contributed by atoms with Crippen molar-refractivity contribution in [1.82, 2.24) is 0 Å². The van der Waals surface area contributed by atoms with E-state index in [9.17, 15) is 0 Å². The maximum absolute atomic E-state index is 2.55. The summed E-state index contributed by atoms with van der Waals surface area (Å²) in [4.78, 5) is 0. The fourth-order valence-electron chi connectivity index (χ4n) is 3.10. The normalized spacial score (nSPS) is 43.2. The summed E-state index contributed by atoms with van der Waals surface area (Å²) in [7, 11) is 0. The van der Waals surface area contributed by atoms with Gasteiger partial charge in [-0.1, -0.05) is 11.1 Å². The van der Waals surface area contributed by atoms with Gasteiger partial charge in [0.05, 0.1) is 0 Å². The van der Waals surface area contributed by atoms with Crippen LogP contribution in [0.1, 0.15) is 32.1 Å². The molecule has 0 aromatic rings. The van der Waals surface area contributed by atoms with Crippen molar-refractivity contribution in [3.8, 4) is 0 Å². The minimum Gasteiger partial charge on any atom is -0.0701 e. The topological polar surface area (TPSA) is 0 Å². The Bertz CT molecular complexity index is 200. The third-order valence-electron chi connectivity index (χ3n) is 3.53. The second-order valence-electron chi connectivity index (χ2n) is 3.94. The van der Waals surface area contributed by atoms with Crippen molar-refractivity contribution >= 4 is 0 Å². The largest absolute Gasteiger partial charge is 0.0701 e. The standard InChI is InChI=1S/C10H13/c1-2-9-7-4-5-8(6-7)10(9)3-1/h4,7,9H,1-3,5-6H2. The summed E-state index contributed by atoms with van der Waals surface area (Å²) in [6.07, 6.45) is 9.77. The monoisotopic (exact) mass is 133 g/mol. The fraction of sp³-hybridized carbons (Fsp3) is 0.700. The van der Waals surface area contributed by atoms with E-state index in [-0.39, 0.29) is 0 Å². The highest BCUT2D eigenvalue weighted by atomic mass is 14.5. The lowest BCUT2D eigenvalue weighted by molar-refractivity contribution is 0.476. The number of fused-ring (bicyclic) bond motifs is 4. The lowest BCUT2D eigenvalue weighted by atomic mass is 9.89. The van der Waals surface area contributed by atoms with Gasteiger partial charge in [-0.3, -0.25) is 0 Å². The van der Waals surface area contributed by atoms with Crippen LogP contribution in [0.4, 0.5) is 0 Å². The first-order valence-corrected chi connectivity index (χ1v) is 4.49. The molecule has 2 atom stereocenters. The smallest absolute Gasteiger partial charge is 0.0166 e. The first kappa shape index (κ1) is 5.40. The van der Waals surface area contributed by atoms with Crippen molar-refractivity contribution in [3.63, 3.8) is 0 Å². The molecule has 0 aliphatic heterocycles. The molecule has 0 saturated heterocycles. The third-order valence-corrected chi connectivity index (χ3v) is 3.53. The second-order valence-corrected chi connectivity index (χ2v) is 3.94. The highest BCUT2D eigenvalue weighted by Gasteiger charge is 2.40. The van der Waals surface area contributed by atoms with Gasteiger partial charge in [-0.25, -0.2) is 0 Å². The summed E-state index contributed by atoms with van der Waals surface area (Å²) in [5, 5.41) is 0. The second kappa shape index (κ2) is 1.66. The zero-order valence-corrected chi connectivity index (χ0v) is 6.27. The molecule has 1 radical (unpaired) electrons. The number of rotatable bonds is 0. The maximum atomic E-state index is 2.55. The molecule has 0 heteroatoms. The van der Waals surface area contributed by atoms with Gasteiger partial charge in [-0.15, -0.1) is 0 Å². The maximum Gasteiger partial charge on any atom is -0.0166 e. The van der Waals surface area contributed by atoms with Gasteiger partial charge in [-0.2, -0.15) is 0 Å². The summed E-state index contributed by atoms with van der Waals surface area (Å²) in [5.74, 6) is 2.02. The minimum atomic E-state index is 0.993. The van der Waals surface area contributed by atoms with E-state index in [0.29, 0.717) is 0 Å². The molecule has 3 aliphatic rings. The lowest BCUT2D eigenvalue weighted by Crippen LogP contribution is -2.07. The van der Waals surface area contributed by atoms with Crippen LogP contribution in [0.25, 0.3) is 0 Å². The molecule has 0 amide bonds. The summed E-state index contributed by atoms with van der Waals surface area (Å²) in [5.41, 5.74) is 3.71. The molecule has 0 nitrogen and oxygen atoms in total. The molecule has 10 heavy (non-hydrogen) atoms. The van der Waals surface area contributed by atoms with E-state index in [0.717, 1.165) is 11.8 Å². The van der Waals surface area contributed by atoms with E-state index >= 15 is 0 Å². The van der Waals surface area contributed by atoms with Gasteiger partial charge in [0, 0.05) is 0 Å². The van der Waals surface area contributed by atoms with Gasteiger partial charge >= 0.3 is 0 Å². The molecule has 3 rings (SSSR count). The van der Waals surface area contributed by atoms with Crippen LogP contribution < -0.4 is 0 Å². The minimum absolute atomic E-state index is 0.993. The van der Waals surface area contributed by atoms with Crippen LogP contribution >= 0.6 is 0 Å². The van der Waals surface area contributed by atoms with E-state index in [4.69, 9.17) is 0 Å². The van der Waals surface area contributed by atoms with Crippen molar-refractivity contribution < 1.29 is 0 Å². The average Bonchev–Trinajstić information content (AvgIpc) is 2.60. The molecule has 2 bridgehead atoms. The molecule has 2 fully saturated rings. The quantitative estimate of drug-likeness (QED) is 0.446. The molecular weight excluding hydrogens is 120 g/mol. The van der Waals surface area contributed by atoms with E-state index in [1.165, 1.54) is 32.1 Å². The summed E-state index contributed by atoms with van der Waals surface area (Å²) < 4.78 is 0. The van der Waals surface area contributed by atoms with Crippen LogP contribution in [-0.4, -0.2) is 0 Å². The van der Waals surface area contributed by atoms with Crippen molar-refractivity contribution in [2.45, 2.75) is 32.1 Å². The van der Waals surface area contributed by atoms with E-state index in [2.05, 4.69) is 6.42 Å². The molecule has 2 unspecified atom stereocenters. The van der Waals surface area contributed by atoms with Gasteiger partial charge in [0.1, 0.15) is 0 Å². The fourth-order valence-corrected chi connectivity index (χ4v) is 3.10. The predicted octanol–water partition coefficient (Wildman–Crippen LogP) is 2.71. The molecular formula is C10H13. The predicted molar refractivity (Wildman–Crippen MR) is 41.4 cm³/mol. The van der Waals surface area contributed by atoms with E-state index < -0.39 is 0 Å². The van der Waals surface area contributed by atoms with Crippen molar-refractivity contribution in [3.05, 3.63) is 17.6 Å². The van der Waals surface area contributed by atoms with Gasteiger partial charge in [0.2, 0.25) is 0 Å². The summed E-state index contributed by atoms with van der Waals surface area (Å²) >= 11 is 0. The van der Waals surface area contributed by atoms with Crippen LogP contribution in [0, 0.1) is 18.3 Å². The molecule has 53 valence electrons. The Labute approximate surface area is 62.3 Å². The van der Waals surface area contributed by atoms with Crippen LogP contribution in [0.5, 0.6) is 0 Å². The third kappa shape index (κ3) is 0.492. The van der Waals surface area contributed by atoms with Gasteiger partial charge in [0.25, 0.3) is 0 Å².